The molecule has 10 nitrogen and oxygen atoms in total. The number of carbonyl (C=O) groups excluding carboxylic acids is 1. The van der Waals surface area contributed by atoms with Gasteiger partial charge in [0.25, 0.3) is 17.1 Å². The van der Waals surface area contributed by atoms with Crippen LogP contribution in [-0.2, 0) is 0 Å². The summed E-state index contributed by atoms with van der Waals surface area (Å²) in [6, 6.07) is 24.5. The number of carbonyl (C=O) groups is 1. The Morgan fingerprint density at radius 2 is 1.26 bits per heavy atom. The zero-order chi connectivity index (χ0) is 27.1. The van der Waals surface area contributed by atoms with Gasteiger partial charge in [-0.1, -0.05) is 54.6 Å². The number of aryl methyl sites for hydroxylation is 1. The van der Waals surface area contributed by atoms with Gasteiger partial charge < -0.3 is 0 Å². The number of hydrogen-bond donors (Lipinski definition) is 0. The molecule has 38 heavy (non-hydrogen) atoms. The van der Waals surface area contributed by atoms with Crippen molar-refractivity contribution in [2.75, 3.05) is 0 Å². The molecule has 1 aliphatic rings. The molecule has 0 spiro atoms. The van der Waals surface area contributed by atoms with E-state index >= 15 is 0 Å². The van der Waals surface area contributed by atoms with Crippen LogP contribution in [0.1, 0.15) is 21.5 Å². The number of benzene rings is 5. The van der Waals surface area contributed by atoms with Gasteiger partial charge in [0, 0.05) is 34.9 Å². The number of ketones is 1. The number of nitrogens with zero attached hydrogens (tertiary/aromatic N) is 3. The van der Waals surface area contributed by atoms with Crippen LogP contribution in [0.4, 0.5) is 17.1 Å². The zero-order valence-corrected chi connectivity index (χ0v) is 19.8. The standard InChI is InChI=1S/C15H12.C13H5N3O7/c1-11-5-4-7-13-10-9-12-6-2-3-8-14(12)15(11)13;17-13-9-3-6(14(18)19)1-2-8(9)12-10(13)4-7(15(20)21)5-11(12)16(22)23/h2-10H,1H3;1-5H. The fraction of sp³-hybridized carbons (Fsp3) is 0.0357. The maximum Gasteiger partial charge on any atom is 0.284 e. The highest BCUT2D eigenvalue weighted by Crippen LogP contribution is 2.45. The van der Waals surface area contributed by atoms with Gasteiger partial charge in [0.2, 0.25) is 0 Å². The normalized spacial score (nSPS) is 11.4. The summed E-state index contributed by atoms with van der Waals surface area (Å²) in [5, 5.41) is 38.3. The summed E-state index contributed by atoms with van der Waals surface area (Å²) in [4.78, 5) is 42.8. The first-order valence-corrected chi connectivity index (χ1v) is 11.3. The van der Waals surface area contributed by atoms with E-state index in [0.717, 1.165) is 24.3 Å². The number of rotatable bonds is 3. The summed E-state index contributed by atoms with van der Waals surface area (Å²) < 4.78 is 0. The molecule has 0 aliphatic heterocycles. The van der Waals surface area contributed by atoms with Crippen molar-refractivity contribution in [1.29, 1.82) is 0 Å². The topological polar surface area (TPSA) is 146 Å². The van der Waals surface area contributed by atoms with Crippen molar-refractivity contribution in [3.63, 3.8) is 0 Å². The van der Waals surface area contributed by atoms with Gasteiger partial charge in [-0.3, -0.25) is 35.1 Å². The third-order valence-electron chi connectivity index (χ3n) is 6.46. The van der Waals surface area contributed by atoms with E-state index in [9.17, 15) is 35.1 Å². The van der Waals surface area contributed by atoms with E-state index in [1.165, 1.54) is 33.2 Å². The molecule has 0 aromatic heterocycles. The van der Waals surface area contributed by atoms with Crippen LogP contribution >= 0.6 is 0 Å². The number of fused-ring (bicyclic) bond motifs is 6. The first-order chi connectivity index (χ1) is 18.2. The van der Waals surface area contributed by atoms with Crippen LogP contribution < -0.4 is 0 Å². The second-order valence-electron chi connectivity index (χ2n) is 8.68. The van der Waals surface area contributed by atoms with Crippen LogP contribution in [0.15, 0.2) is 84.9 Å². The van der Waals surface area contributed by atoms with E-state index in [-0.39, 0.29) is 27.9 Å². The van der Waals surface area contributed by atoms with Crippen molar-refractivity contribution in [2.45, 2.75) is 6.92 Å². The second kappa shape index (κ2) is 9.17. The average Bonchev–Trinajstić information content (AvgIpc) is 3.19. The van der Waals surface area contributed by atoms with E-state index < -0.39 is 31.9 Å². The number of nitro benzene ring substituents is 3. The van der Waals surface area contributed by atoms with Crippen molar-refractivity contribution in [1.82, 2.24) is 0 Å². The zero-order valence-electron chi connectivity index (χ0n) is 19.8. The van der Waals surface area contributed by atoms with Gasteiger partial charge >= 0.3 is 0 Å². The van der Waals surface area contributed by atoms with Crippen LogP contribution in [0.5, 0.6) is 0 Å². The summed E-state index contributed by atoms with van der Waals surface area (Å²) in [6.07, 6.45) is 0. The van der Waals surface area contributed by atoms with Crippen molar-refractivity contribution in [3.05, 3.63) is 132 Å². The quantitative estimate of drug-likeness (QED) is 0.143. The van der Waals surface area contributed by atoms with Crippen molar-refractivity contribution in [3.8, 4) is 11.1 Å². The Kier molecular flexibility index (Phi) is 5.84. The molecule has 0 N–H and O–H groups in total. The molecule has 0 unspecified atom stereocenters. The molecule has 0 radical (unpaired) electrons. The average molecular weight is 507 g/mol. The van der Waals surface area contributed by atoms with Crippen molar-refractivity contribution >= 4 is 44.4 Å². The van der Waals surface area contributed by atoms with Gasteiger partial charge in [-0.05, 0) is 40.1 Å². The summed E-state index contributed by atoms with van der Waals surface area (Å²) >= 11 is 0. The molecule has 1 aliphatic carbocycles. The molecule has 5 aromatic rings. The molecule has 6 rings (SSSR count). The molecule has 0 saturated heterocycles. The minimum Gasteiger partial charge on any atom is -0.289 e. The third kappa shape index (κ3) is 3.99. The van der Waals surface area contributed by atoms with Crippen molar-refractivity contribution in [2.24, 2.45) is 0 Å². The molecule has 0 bridgehead atoms. The number of non-ortho nitro benzene ring substituents is 2. The molecular weight excluding hydrogens is 490 g/mol. The van der Waals surface area contributed by atoms with E-state index in [2.05, 4.69) is 61.5 Å². The summed E-state index contributed by atoms with van der Waals surface area (Å²) in [7, 11) is 0. The highest BCUT2D eigenvalue weighted by molar-refractivity contribution is 6.23. The van der Waals surface area contributed by atoms with Gasteiger partial charge in [-0.2, -0.15) is 0 Å². The monoisotopic (exact) mass is 507 g/mol. The van der Waals surface area contributed by atoms with Gasteiger partial charge in [0.1, 0.15) is 0 Å². The maximum absolute atomic E-state index is 12.3. The molecule has 0 fully saturated rings. The first-order valence-electron chi connectivity index (χ1n) is 11.3. The summed E-state index contributed by atoms with van der Waals surface area (Å²) in [6.45, 7) is 2.18. The maximum atomic E-state index is 12.3. The predicted molar refractivity (Wildman–Crippen MR) is 141 cm³/mol. The molecule has 186 valence electrons. The number of nitro groups is 3. The highest BCUT2D eigenvalue weighted by Gasteiger charge is 2.36. The lowest BCUT2D eigenvalue weighted by Gasteiger charge is -2.06. The van der Waals surface area contributed by atoms with Crippen LogP contribution in [0.25, 0.3) is 32.7 Å². The molecule has 0 atom stereocenters. The van der Waals surface area contributed by atoms with Gasteiger partial charge in [-0.25, -0.2) is 0 Å². The lowest BCUT2D eigenvalue weighted by atomic mass is 9.99. The Morgan fingerprint density at radius 1 is 0.605 bits per heavy atom. The van der Waals surface area contributed by atoms with Gasteiger partial charge in [0.05, 0.1) is 26.4 Å². The smallest absolute Gasteiger partial charge is 0.284 e. The van der Waals surface area contributed by atoms with Crippen LogP contribution in [0, 0.1) is 37.3 Å². The van der Waals surface area contributed by atoms with Crippen molar-refractivity contribution < 1.29 is 19.6 Å². The van der Waals surface area contributed by atoms with Gasteiger partial charge in [-0.15, -0.1) is 0 Å². The minimum atomic E-state index is -0.841. The largest absolute Gasteiger partial charge is 0.289 e. The predicted octanol–water partition coefficient (Wildman–Crippen LogP) is 6.92. The Bertz CT molecular complexity index is 1850. The first kappa shape index (κ1) is 24.2. The Hall–Kier alpha value is -5.51. The van der Waals surface area contributed by atoms with Crippen LogP contribution in [0.2, 0.25) is 0 Å². The van der Waals surface area contributed by atoms with E-state index in [4.69, 9.17) is 0 Å². The minimum absolute atomic E-state index is 0.0597. The summed E-state index contributed by atoms with van der Waals surface area (Å²) in [5.41, 5.74) is -0.375. The van der Waals surface area contributed by atoms with E-state index in [1.54, 1.807) is 0 Å². The highest BCUT2D eigenvalue weighted by atomic mass is 16.6. The Labute approximate surface area is 214 Å². The fourth-order valence-corrected chi connectivity index (χ4v) is 4.77. The lowest BCUT2D eigenvalue weighted by molar-refractivity contribution is -0.393. The lowest BCUT2D eigenvalue weighted by Crippen LogP contribution is -2.00. The third-order valence-corrected chi connectivity index (χ3v) is 6.46. The molecule has 10 heteroatoms. The molecule has 0 amide bonds. The van der Waals surface area contributed by atoms with Crippen LogP contribution in [-0.4, -0.2) is 20.6 Å². The van der Waals surface area contributed by atoms with Gasteiger partial charge in [0.15, 0.2) is 5.78 Å². The number of hydrogen-bond acceptors (Lipinski definition) is 7. The second-order valence-corrected chi connectivity index (χ2v) is 8.68. The SMILES string of the molecule is Cc1cccc2ccc3ccccc3c12.O=C1c2cc([N+](=O)[O-])ccc2-c2c1cc([N+](=O)[O-])cc2[N+](=O)[O-]. The van der Waals surface area contributed by atoms with E-state index in [1.807, 2.05) is 0 Å². The fourth-order valence-electron chi connectivity index (χ4n) is 4.77. The molecule has 5 aromatic carbocycles. The molecule has 0 heterocycles. The molecule has 0 saturated carbocycles. The Morgan fingerprint density at radius 3 is 1.97 bits per heavy atom. The molecular formula is C28H17N3O7. The van der Waals surface area contributed by atoms with E-state index in [0.29, 0.717) is 0 Å². The van der Waals surface area contributed by atoms with Crippen LogP contribution in [0.3, 0.4) is 0 Å². The Balaban J connectivity index is 0.000000168. The summed E-state index contributed by atoms with van der Waals surface area (Å²) in [5.74, 6) is -0.717.